The summed E-state index contributed by atoms with van der Waals surface area (Å²) in [6, 6.07) is 6.83. The minimum atomic E-state index is -3.35. The van der Waals surface area contributed by atoms with Gasteiger partial charge in [-0.3, -0.25) is 4.79 Å². The second-order valence-electron chi connectivity index (χ2n) is 8.38. The maximum absolute atomic E-state index is 13.4. The third-order valence-corrected chi connectivity index (χ3v) is 8.07. The number of anilines is 1. The number of halogens is 1. The molecule has 0 radical (unpaired) electrons. The third-order valence-electron chi connectivity index (χ3n) is 5.56. The molecule has 3 rings (SSSR count). The topological polar surface area (TPSA) is 106 Å². The van der Waals surface area contributed by atoms with E-state index in [4.69, 9.17) is 21.2 Å². The van der Waals surface area contributed by atoms with Gasteiger partial charge in [-0.1, -0.05) is 22.8 Å². The Hall–Kier alpha value is -2.63. The van der Waals surface area contributed by atoms with Crippen LogP contribution >= 0.6 is 11.6 Å². The number of piperazine rings is 1. The lowest BCUT2D eigenvalue weighted by molar-refractivity contribution is 0.157. The molecule has 0 amide bonds. The first-order valence-electron chi connectivity index (χ1n) is 11.6. The number of hydrogen-bond donors (Lipinski definition) is 0. The van der Waals surface area contributed by atoms with Crippen molar-refractivity contribution in [2.75, 3.05) is 44.3 Å². The van der Waals surface area contributed by atoms with Gasteiger partial charge in [0.1, 0.15) is 12.3 Å². The molecular formula is C23H32ClN5O5S. The molecule has 0 spiro atoms. The van der Waals surface area contributed by atoms with Crippen molar-refractivity contribution in [1.82, 2.24) is 14.1 Å². The predicted molar refractivity (Wildman–Crippen MR) is 138 cm³/mol. The molecule has 0 N–H and O–H groups in total. The summed E-state index contributed by atoms with van der Waals surface area (Å²) in [5, 5.41) is 8.33. The van der Waals surface area contributed by atoms with Crippen LogP contribution in [0.15, 0.2) is 40.4 Å². The van der Waals surface area contributed by atoms with E-state index in [1.54, 1.807) is 44.3 Å². The van der Waals surface area contributed by atoms with Gasteiger partial charge in [-0.05, 0) is 45.9 Å². The van der Waals surface area contributed by atoms with Gasteiger partial charge in [0.25, 0.3) is 0 Å². The first-order valence-corrected chi connectivity index (χ1v) is 13.4. The minimum absolute atomic E-state index is 0.143. The second kappa shape index (κ2) is 11.9. The highest BCUT2D eigenvalue weighted by atomic mass is 35.5. The molecular weight excluding hydrogens is 494 g/mol. The van der Waals surface area contributed by atoms with Crippen LogP contribution in [0, 0.1) is 0 Å². The highest BCUT2D eigenvalue weighted by molar-refractivity contribution is 7.89. The zero-order chi connectivity index (χ0) is 25.6. The normalized spacial score (nSPS) is 15.5. The summed E-state index contributed by atoms with van der Waals surface area (Å²) in [6.45, 7) is 9.15. The molecule has 192 valence electrons. The van der Waals surface area contributed by atoms with Gasteiger partial charge in [-0.2, -0.15) is 14.1 Å². The molecule has 0 atom stereocenters. The Morgan fingerprint density at radius 1 is 1.23 bits per heavy atom. The van der Waals surface area contributed by atoms with Crippen LogP contribution in [-0.4, -0.2) is 72.9 Å². The number of nitrogens with zero attached hydrogens (tertiary/aromatic N) is 5. The van der Waals surface area contributed by atoms with E-state index in [9.17, 15) is 13.2 Å². The van der Waals surface area contributed by atoms with Crippen LogP contribution in [0.3, 0.4) is 0 Å². The minimum Gasteiger partial charge on any atom is -0.486 e. The van der Waals surface area contributed by atoms with Crippen molar-refractivity contribution in [2.24, 2.45) is 5.16 Å². The fourth-order valence-corrected chi connectivity index (χ4v) is 5.04. The lowest BCUT2D eigenvalue weighted by Crippen LogP contribution is -2.50. The number of ether oxygens (including phenoxy) is 1. The first-order chi connectivity index (χ1) is 16.6. The number of aromatic nitrogens is 2. The first kappa shape index (κ1) is 27.0. The van der Waals surface area contributed by atoms with Gasteiger partial charge in [0.05, 0.1) is 29.5 Å². The molecule has 10 nitrogen and oxygen atoms in total. The molecule has 1 aromatic carbocycles. The molecule has 0 unspecified atom stereocenters. The van der Waals surface area contributed by atoms with Gasteiger partial charge in [-0.25, -0.2) is 8.42 Å². The van der Waals surface area contributed by atoms with E-state index in [0.717, 1.165) is 5.71 Å². The van der Waals surface area contributed by atoms with Crippen LogP contribution in [0.2, 0.25) is 5.02 Å². The van der Waals surface area contributed by atoms with Gasteiger partial charge >= 0.3 is 5.56 Å². The van der Waals surface area contributed by atoms with E-state index < -0.39 is 20.8 Å². The average molecular weight is 526 g/mol. The monoisotopic (exact) mass is 525 g/mol. The van der Waals surface area contributed by atoms with Crippen LogP contribution in [-0.2, 0) is 14.9 Å². The van der Waals surface area contributed by atoms with E-state index in [0.29, 0.717) is 55.6 Å². The quantitative estimate of drug-likeness (QED) is 0.347. The summed E-state index contributed by atoms with van der Waals surface area (Å²) >= 11 is 6.11. The van der Waals surface area contributed by atoms with Crippen molar-refractivity contribution in [3.05, 3.63) is 45.8 Å². The molecule has 1 aliphatic rings. The van der Waals surface area contributed by atoms with Crippen LogP contribution in [0.5, 0.6) is 5.75 Å². The zero-order valence-electron chi connectivity index (χ0n) is 20.5. The second-order valence-corrected chi connectivity index (χ2v) is 11.3. The Morgan fingerprint density at radius 2 is 1.94 bits per heavy atom. The molecule has 0 aliphatic carbocycles. The zero-order valence-corrected chi connectivity index (χ0v) is 22.0. The maximum atomic E-state index is 13.4. The summed E-state index contributed by atoms with van der Waals surface area (Å²) in [5.74, 6) is 0.143. The Balaban J connectivity index is 1.89. The van der Waals surface area contributed by atoms with E-state index in [-0.39, 0.29) is 12.4 Å². The van der Waals surface area contributed by atoms with E-state index in [1.165, 1.54) is 8.99 Å². The highest BCUT2D eigenvalue weighted by Gasteiger charge is 2.31. The third kappa shape index (κ3) is 6.53. The molecule has 1 fully saturated rings. The van der Waals surface area contributed by atoms with Crippen molar-refractivity contribution in [2.45, 2.75) is 39.4 Å². The van der Waals surface area contributed by atoms with Crippen molar-refractivity contribution in [1.29, 1.82) is 0 Å². The molecule has 0 bridgehead atoms. The largest absolute Gasteiger partial charge is 0.486 e. The molecule has 35 heavy (non-hydrogen) atoms. The van der Waals surface area contributed by atoms with Crippen molar-refractivity contribution in [3.8, 4) is 11.4 Å². The van der Waals surface area contributed by atoms with Gasteiger partial charge in [0, 0.05) is 37.6 Å². The highest BCUT2D eigenvalue weighted by Crippen LogP contribution is 2.27. The fraction of sp³-hybridized carbons (Fsp3) is 0.522. The maximum Gasteiger partial charge on any atom is 0.316 e. The fourth-order valence-electron chi connectivity index (χ4n) is 3.58. The smallest absolute Gasteiger partial charge is 0.316 e. The molecule has 1 aliphatic heterocycles. The molecule has 2 aromatic rings. The number of hydrogen-bond acceptors (Lipinski definition) is 8. The van der Waals surface area contributed by atoms with Gasteiger partial charge in [0.2, 0.25) is 15.8 Å². The predicted octanol–water partition coefficient (Wildman–Crippen LogP) is 2.93. The lowest BCUT2D eigenvalue weighted by Gasteiger charge is -2.36. The lowest BCUT2D eigenvalue weighted by atomic mass is 10.2. The number of oxime groups is 1. The van der Waals surface area contributed by atoms with Crippen LogP contribution in [0.1, 0.15) is 34.1 Å². The molecule has 2 heterocycles. The molecule has 12 heteroatoms. The molecule has 1 aromatic heterocycles. The van der Waals surface area contributed by atoms with Crippen molar-refractivity contribution >= 4 is 33.0 Å². The van der Waals surface area contributed by atoms with Gasteiger partial charge in [0.15, 0.2) is 0 Å². The summed E-state index contributed by atoms with van der Waals surface area (Å²) in [5.41, 5.74) is 1.35. The SMILES string of the molecule is CCON=C(C)CCOc1c(N2CCN(S(=O)(=O)C(C)C)CC2)cnn(-c2cccc(Cl)c2)c1=O. The Labute approximate surface area is 211 Å². The summed E-state index contributed by atoms with van der Waals surface area (Å²) in [6.07, 6.45) is 2.05. The molecule has 0 saturated carbocycles. The summed E-state index contributed by atoms with van der Waals surface area (Å²) < 4.78 is 33.8. The van der Waals surface area contributed by atoms with Gasteiger partial charge in [-0.15, -0.1) is 0 Å². The van der Waals surface area contributed by atoms with Crippen molar-refractivity contribution in [3.63, 3.8) is 0 Å². The Kier molecular flexibility index (Phi) is 9.15. The summed E-state index contributed by atoms with van der Waals surface area (Å²) in [4.78, 5) is 20.4. The van der Waals surface area contributed by atoms with E-state index in [2.05, 4.69) is 10.3 Å². The number of benzene rings is 1. The summed E-state index contributed by atoms with van der Waals surface area (Å²) in [7, 11) is -3.35. The average Bonchev–Trinajstić information content (AvgIpc) is 2.83. The van der Waals surface area contributed by atoms with Crippen LogP contribution in [0.4, 0.5) is 5.69 Å². The van der Waals surface area contributed by atoms with E-state index >= 15 is 0 Å². The van der Waals surface area contributed by atoms with Crippen LogP contribution in [0.25, 0.3) is 5.69 Å². The van der Waals surface area contributed by atoms with Crippen molar-refractivity contribution < 1.29 is 18.0 Å². The number of rotatable bonds is 10. The standard InChI is InChI=1S/C23H32ClN5O5S/c1-5-34-26-18(4)9-14-33-22-21(27-10-12-28(13-11-27)35(31,32)17(2)3)16-25-29(23(22)30)20-8-6-7-19(24)15-20/h6-8,15-17H,5,9-14H2,1-4H3. The molecule has 1 saturated heterocycles. The van der Waals surface area contributed by atoms with E-state index in [1.807, 2.05) is 18.7 Å². The Bertz CT molecular complexity index is 1210. The Morgan fingerprint density at radius 3 is 2.57 bits per heavy atom. The number of sulfonamides is 1. The van der Waals surface area contributed by atoms with Gasteiger partial charge < -0.3 is 14.5 Å². The van der Waals surface area contributed by atoms with Crippen LogP contribution < -0.4 is 15.2 Å².